The van der Waals surface area contributed by atoms with Crippen molar-refractivity contribution in [3.63, 3.8) is 0 Å². The van der Waals surface area contributed by atoms with Crippen LogP contribution in [-0.2, 0) is 0 Å². The topological polar surface area (TPSA) is 89.9 Å². The average molecular weight is 324 g/mol. The lowest BCUT2D eigenvalue weighted by molar-refractivity contribution is 0.318. The van der Waals surface area contributed by atoms with E-state index in [4.69, 9.17) is 10.4 Å². The Kier molecular flexibility index (Phi) is 12.9. The fourth-order valence-corrected chi connectivity index (χ4v) is 2.27. The first-order valence-electron chi connectivity index (χ1n) is 8.67. The largest absolute Gasteiger partial charge is 0.411 e. The van der Waals surface area contributed by atoms with E-state index in [1.165, 1.54) is 0 Å². The maximum atomic E-state index is 9.02. The fraction of sp³-hybridized carbons (Fsp3) is 0.765. The molecule has 0 aliphatic rings. The number of oxime groups is 2. The van der Waals surface area contributed by atoms with E-state index in [0.29, 0.717) is 37.4 Å². The van der Waals surface area contributed by atoms with E-state index < -0.39 is 0 Å². The van der Waals surface area contributed by atoms with Crippen LogP contribution < -0.4 is 0 Å². The highest BCUT2D eigenvalue weighted by Crippen LogP contribution is 2.02. The Morgan fingerprint density at radius 2 is 1.04 bits per heavy atom. The lowest BCUT2D eigenvalue weighted by Gasteiger charge is -2.07. The lowest BCUT2D eigenvalue weighted by Crippen LogP contribution is -2.15. The third-order valence-electron chi connectivity index (χ3n) is 3.47. The fourth-order valence-electron chi connectivity index (χ4n) is 2.27. The zero-order valence-corrected chi connectivity index (χ0v) is 15.0. The van der Waals surface area contributed by atoms with Gasteiger partial charge in [0.05, 0.1) is 11.4 Å². The van der Waals surface area contributed by atoms with Crippen LogP contribution in [0.2, 0.25) is 0 Å². The molecule has 0 unspecified atom stereocenters. The predicted octanol–water partition coefficient (Wildman–Crippen LogP) is 4.34. The molecule has 0 aromatic heterocycles. The Labute approximate surface area is 140 Å². The third kappa shape index (κ3) is 8.47. The van der Waals surface area contributed by atoms with Gasteiger partial charge in [0.2, 0.25) is 0 Å². The summed E-state index contributed by atoms with van der Waals surface area (Å²) in [5.41, 5.74) is 3.12. The molecular weight excluding hydrogens is 292 g/mol. The highest BCUT2D eigenvalue weighted by Gasteiger charge is 2.07. The highest BCUT2D eigenvalue weighted by atomic mass is 16.4. The minimum Gasteiger partial charge on any atom is -0.411 e. The van der Waals surface area contributed by atoms with Crippen molar-refractivity contribution in [1.29, 1.82) is 0 Å². The molecule has 0 heterocycles. The first kappa shape index (κ1) is 21.3. The van der Waals surface area contributed by atoms with Crippen molar-refractivity contribution in [2.45, 2.75) is 72.6 Å². The van der Waals surface area contributed by atoms with Crippen LogP contribution in [-0.4, -0.2) is 46.4 Å². The van der Waals surface area contributed by atoms with Gasteiger partial charge >= 0.3 is 0 Å². The predicted molar refractivity (Wildman–Crippen MR) is 98.1 cm³/mol. The number of aliphatic imine (C=N–C) groups is 2. The van der Waals surface area contributed by atoms with Gasteiger partial charge in [0.15, 0.2) is 0 Å². The van der Waals surface area contributed by atoms with Crippen molar-refractivity contribution in [2.75, 3.05) is 13.1 Å². The van der Waals surface area contributed by atoms with Gasteiger partial charge in [-0.2, -0.15) is 0 Å². The molecule has 0 fully saturated rings. The molecule has 0 radical (unpaired) electrons. The molecule has 0 spiro atoms. The summed E-state index contributed by atoms with van der Waals surface area (Å²) in [6.45, 7) is 9.41. The Balaban J connectivity index is 4.66. The number of nitrogens with zero attached hydrogens (tertiary/aromatic N) is 4. The highest BCUT2D eigenvalue weighted by molar-refractivity contribution is 6.42. The van der Waals surface area contributed by atoms with Crippen molar-refractivity contribution in [1.82, 2.24) is 0 Å². The van der Waals surface area contributed by atoms with Crippen molar-refractivity contribution < 1.29 is 10.4 Å². The second-order valence-corrected chi connectivity index (χ2v) is 5.31. The maximum Gasteiger partial charge on any atom is 0.100 e. The Hall–Kier alpha value is -1.72. The summed E-state index contributed by atoms with van der Waals surface area (Å²) >= 11 is 0. The Morgan fingerprint density at radius 3 is 1.30 bits per heavy atom. The molecule has 6 nitrogen and oxygen atoms in total. The van der Waals surface area contributed by atoms with Gasteiger partial charge in [-0.25, -0.2) is 0 Å². The van der Waals surface area contributed by atoms with Gasteiger partial charge in [0, 0.05) is 13.1 Å². The quantitative estimate of drug-likeness (QED) is 0.242. The second-order valence-electron chi connectivity index (χ2n) is 5.31. The van der Waals surface area contributed by atoms with Gasteiger partial charge in [0.1, 0.15) is 11.4 Å². The summed E-state index contributed by atoms with van der Waals surface area (Å²) in [6.07, 6.45) is 5.80. The van der Waals surface area contributed by atoms with Crippen LogP contribution in [0.3, 0.4) is 0 Å². The summed E-state index contributed by atoms with van der Waals surface area (Å²) in [6, 6.07) is 0. The van der Waals surface area contributed by atoms with Crippen LogP contribution in [0.5, 0.6) is 0 Å². The van der Waals surface area contributed by atoms with Crippen molar-refractivity contribution in [3.05, 3.63) is 0 Å². The van der Waals surface area contributed by atoms with Crippen molar-refractivity contribution in [3.8, 4) is 0 Å². The lowest BCUT2D eigenvalue weighted by atomic mass is 10.1. The molecular formula is C17H32N4O2. The number of hydrogen-bond acceptors (Lipinski definition) is 6. The second kappa shape index (κ2) is 13.9. The molecule has 6 heteroatoms. The van der Waals surface area contributed by atoms with E-state index in [1.807, 2.05) is 13.8 Å². The van der Waals surface area contributed by atoms with Crippen LogP contribution in [0.25, 0.3) is 0 Å². The monoisotopic (exact) mass is 324 g/mol. The van der Waals surface area contributed by atoms with Crippen LogP contribution in [0.4, 0.5) is 0 Å². The molecule has 0 rings (SSSR count). The molecule has 0 aromatic carbocycles. The Bertz CT molecular complexity index is 400. The van der Waals surface area contributed by atoms with Gasteiger partial charge in [-0.05, 0) is 32.1 Å². The van der Waals surface area contributed by atoms with E-state index >= 15 is 0 Å². The molecule has 132 valence electrons. The van der Waals surface area contributed by atoms with Gasteiger partial charge < -0.3 is 10.4 Å². The molecule has 2 N–H and O–H groups in total. The molecule has 23 heavy (non-hydrogen) atoms. The molecule has 0 saturated heterocycles. The maximum absolute atomic E-state index is 9.02. The molecule has 0 aliphatic carbocycles. The molecule has 0 aliphatic heterocycles. The Morgan fingerprint density at radius 1 is 0.652 bits per heavy atom. The first-order chi connectivity index (χ1) is 11.2. The van der Waals surface area contributed by atoms with Crippen LogP contribution in [0, 0.1) is 0 Å². The van der Waals surface area contributed by atoms with Gasteiger partial charge in [-0.1, -0.05) is 50.8 Å². The SMILES string of the molecule is CCCC(=NCCCN=C(CCC)/C(CC)=N\O)/C(CC)=N\O. The van der Waals surface area contributed by atoms with Crippen LogP contribution in [0.15, 0.2) is 20.3 Å². The molecule has 0 aromatic rings. The van der Waals surface area contributed by atoms with Gasteiger partial charge in [-0.15, -0.1) is 0 Å². The van der Waals surface area contributed by atoms with E-state index in [2.05, 4.69) is 34.1 Å². The molecule has 0 amide bonds. The van der Waals surface area contributed by atoms with Crippen LogP contribution in [0.1, 0.15) is 72.6 Å². The van der Waals surface area contributed by atoms with E-state index in [9.17, 15) is 0 Å². The van der Waals surface area contributed by atoms with Gasteiger partial charge in [-0.3, -0.25) is 9.98 Å². The molecule has 0 bridgehead atoms. The van der Waals surface area contributed by atoms with Crippen molar-refractivity contribution >= 4 is 22.8 Å². The van der Waals surface area contributed by atoms with Gasteiger partial charge in [0.25, 0.3) is 0 Å². The minimum absolute atomic E-state index is 0.662. The zero-order chi connectivity index (χ0) is 17.5. The number of hydrogen-bond donors (Lipinski definition) is 2. The van der Waals surface area contributed by atoms with E-state index in [-0.39, 0.29) is 0 Å². The summed E-state index contributed by atoms with van der Waals surface area (Å²) < 4.78 is 0. The molecule has 0 atom stereocenters. The minimum atomic E-state index is 0.662. The normalized spacial score (nSPS) is 14.4. The number of rotatable bonds is 12. The molecule has 0 saturated carbocycles. The zero-order valence-electron chi connectivity index (χ0n) is 15.0. The third-order valence-corrected chi connectivity index (χ3v) is 3.47. The van der Waals surface area contributed by atoms with Crippen LogP contribution >= 0.6 is 0 Å². The summed E-state index contributed by atoms with van der Waals surface area (Å²) in [5.74, 6) is 0. The van der Waals surface area contributed by atoms with E-state index in [0.717, 1.165) is 43.5 Å². The average Bonchev–Trinajstić information content (AvgIpc) is 2.56. The van der Waals surface area contributed by atoms with Crippen molar-refractivity contribution in [2.24, 2.45) is 20.3 Å². The van der Waals surface area contributed by atoms with E-state index in [1.54, 1.807) is 0 Å². The summed E-state index contributed by atoms with van der Waals surface area (Å²) in [5, 5.41) is 24.7. The first-order valence-corrected chi connectivity index (χ1v) is 8.67. The summed E-state index contributed by atoms with van der Waals surface area (Å²) in [7, 11) is 0. The summed E-state index contributed by atoms with van der Waals surface area (Å²) in [4.78, 5) is 9.12. The standard InChI is InChI=1S/C17H32N4O2/c1-5-10-16(14(7-3)20-22)18-12-9-13-19-17(11-6-2)15(8-4)21-23/h22-23H,5-13H2,1-4H3/b18-16?,19-17?,20-14-,21-15-. The smallest absolute Gasteiger partial charge is 0.100 e.